The highest BCUT2D eigenvalue weighted by Crippen LogP contribution is 2.31. The third-order valence-electron chi connectivity index (χ3n) is 2.38. The van der Waals surface area contributed by atoms with E-state index in [1.807, 2.05) is 0 Å². The summed E-state index contributed by atoms with van der Waals surface area (Å²) in [6, 6.07) is 0. The average Bonchev–Trinajstić information content (AvgIpc) is 1.83. The van der Waals surface area contributed by atoms with Crippen LogP contribution < -0.4 is 0 Å². The van der Waals surface area contributed by atoms with Crippen molar-refractivity contribution in [2.75, 3.05) is 13.1 Å². The van der Waals surface area contributed by atoms with Crippen molar-refractivity contribution in [1.29, 1.82) is 0 Å². The summed E-state index contributed by atoms with van der Waals surface area (Å²) in [6.45, 7) is 5.40. The van der Waals surface area contributed by atoms with Crippen molar-refractivity contribution in [3.63, 3.8) is 0 Å². The van der Waals surface area contributed by atoms with Crippen molar-refractivity contribution in [2.24, 2.45) is 5.41 Å². The van der Waals surface area contributed by atoms with Gasteiger partial charge in [0.15, 0.2) is 0 Å². The molecule has 0 radical (unpaired) electrons. The van der Waals surface area contributed by atoms with Crippen LogP contribution in [0, 0.1) is 5.41 Å². The van der Waals surface area contributed by atoms with Gasteiger partial charge in [0.1, 0.15) is 0 Å². The smallest absolute Gasteiger partial charge is 0.195 e. The Labute approximate surface area is 78.3 Å². The number of halogens is 1. The van der Waals surface area contributed by atoms with Gasteiger partial charge in [-0.15, -0.1) is 0 Å². The largest absolute Gasteiger partial charge is 0.299 e. The molecule has 72 valence electrons. The second kappa shape index (κ2) is 3.16. The predicted molar refractivity (Wildman–Crippen MR) is 49.4 cm³/mol. The SMILES string of the molecule is CC1(C)CCN(S(=O)(=O)Cl)CC1. The van der Waals surface area contributed by atoms with Crippen LogP contribution in [0.2, 0.25) is 0 Å². The van der Waals surface area contributed by atoms with E-state index >= 15 is 0 Å². The van der Waals surface area contributed by atoms with Crippen molar-refractivity contribution < 1.29 is 8.42 Å². The van der Waals surface area contributed by atoms with Crippen molar-refractivity contribution in [3.8, 4) is 0 Å². The highest BCUT2D eigenvalue weighted by molar-refractivity contribution is 8.11. The third-order valence-corrected chi connectivity index (χ3v) is 3.95. The molecule has 0 aromatic heterocycles. The van der Waals surface area contributed by atoms with Crippen LogP contribution in [0.25, 0.3) is 0 Å². The Morgan fingerprint density at radius 3 is 2.00 bits per heavy atom. The van der Waals surface area contributed by atoms with Crippen LogP contribution in [0.1, 0.15) is 26.7 Å². The molecule has 0 spiro atoms. The van der Waals surface area contributed by atoms with E-state index in [9.17, 15) is 8.42 Å². The monoisotopic (exact) mass is 211 g/mol. The Morgan fingerprint density at radius 1 is 1.25 bits per heavy atom. The Balaban J connectivity index is 2.59. The zero-order valence-corrected chi connectivity index (χ0v) is 8.95. The summed E-state index contributed by atoms with van der Waals surface area (Å²) < 4.78 is 23.1. The van der Waals surface area contributed by atoms with Crippen LogP contribution >= 0.6 is 10.7 Å². The number of nitrogens with zero attached hydrogens (tertiary/aromatic N) is 1. The summed E-state index contributed by atoms with van der Waals surface area (Å²) in [5, 5.41) is 0. The fraction of sp³-hybridized carbons (Fsp3) is 1.00. The Morgan fingerprint density at radius 2 is 1.67 bits per heavy atom. The molecule has 3 nitrogen and oxygen atoms in total. The van der Waals surface area contributed by atoms with Gasteiger partial charge in [0.2, 0.25) is 0 Å². The molecule has 1 aliphatic rings. The molecule has 0 N–H and O–H groups in total. The summed E-state index contributed by atoms with van der Waals surface area (Å²) in [6.07, 6.45) is 1.78. The average molecular weight is 212 g/mol. The zero-order valence-electron chi connectivity index (χ0n) is 7.38. The number of piperidine rings is 1. The molecule has 5 heteroatoms. The lowest BCUT2D eigenvalue weighted by atomic mass is 9.83. The van der Waals surface area contributed by atoms with E-state index < -0.39 is 9.24 Å². The normalized spacial score (nSPS) is 25.6. The molecule has 0 aliphatic carbocycles. The highest BCUT2D eigenvalue weighted by atomic mass is 35.7. The van der Waals surface area contributed by atoms with Crippen molar-refractivity contribution in [1.82, 2.24) is 4.31 Å². The van der Waals surface area contributed by atoms with Gasteiger partial charge in [-0.1, -0.05) is 13.8 Å². The van der Waals surface area contributed by atoms with Crippen LogP contribution in [0.5, 0.6) is 0 Å². The number of rotatable bonds is 1. The minimum atomic E-state index is -3.47. The molecule has 12 heavy (non-hydrogen) atoms. The van der Waals surface area contributed by atoms with E-state index in [4.69, 9.17) is 10.7 Å². The topological polar surface area (TPSA) is 37.4 Å². The molecule has 0 aromatic carbocycles. The van der Waals surface area contributed by atoms with E-state index in [0.717, 1.165) is 12.8 Å². The highest BCUT2D eigenvalue weighted by Gasteiger charge is 2.30. The minimum Gasteiger partial charge on any atom is -0.195 e. The molecule has 1 aliphatic heterocycles. The van der Waals surface area contributed by atoms with Crippen LogP contribution in [0.4, 0.5) is 0 Å². The molecule has 0 aromatic rings. The van der Waals surface area contributed by atoms with Gasteiger partial charge >= 0.3 is 0 Å². The molecule has 1 heterocycles. The van der Waals surface area contributed by atoms with Gasteiger partial charge < -0.3 is 0 Å². The minimum absolute atomic E-state index is 0.262. The van der Waals surface area contributed by atoms with Crippen molar-refractivity contribution in [3.05, 3.63) is 0 Å². The second-order valence-electron chi connectivity index (χ2n) is 4.01. The van der Waals surface area contributed by atoms with Crippen molar-refractivity contribution >= 4 is 19.9 Å². The molecule has 0 atom stereocenters. The summed E-state index contributed by atoms with van der Waals surface area (Å²) in [4.78, 5) is 0. The molecule has 1 saturated heterocycles. The van der Waals surface area contributed by atoms with Gasteiger partial charge in [-0.2, -0.15) is 12.7 Å². The summed E-state index contributed by atoms with van der Waals surface area (Å²) in [5.74, 6) is 0. The van der Waals surface area contributed by atoms with Crippen molar-refractivity contribution in [2.45, 2.75) is 26.7 Å². The molecular weight excluding hydrogens is 198 g/mol. The lowest BCUT2D eigenvalue weighted by Crippen LogP contribution is -2.38. The van der Waals surface area contributed by atoms with E-state index in [1.165, 1.54) is 4.31 Å². The molecule has 0 bridgehead atoms. The van der Waals surface area contributed by atoms with Crippen LogP contribution in [-0.2, 0) is 9.24 Å². The first-order valence-corrected chi connectivity index (χ1v) is 6.28. The fourth-order valence-corrected chi connectivity index (χ4v) is 2.34. The van der Waals surface area contributed by atoms with Gasteiger partial charge in [0, 0.05) is 23.8 Å². The predicted octanol–water partition coefficient (Wildman–Crippen LogP) is 1.59. The van der Waals surface area contributed by atoms with E-state index in [2.05, 4.69) is 13.8 Å². The summed E-state index contributed by atoms with van der Waals surface area (Å²) in [5.41, 5.74) is 0.262. The summed E-state index contributed by atoms with van der Waals surface area (Å²) >= 11 is 0. The molecule has 1 rings (SSSR count). The molecule has 0 saturated carbocycles. The van der Waals surface area contributed by atoms with Crippen LogP contribution in [0.3, 0.4) is 0 Å². The maximum atomic E-state index is 10.9. The third kappa shape index (κ3) is 2.61. The number of hydrogen-bond acceptors (Lipinski definition) is 2. The van der Waals surface area contributed by atoms with Gasteiger partial charge in [-0.3, -0.25) is 0 Å². The fourth-order valence-electron chi connectivity index (χ4n) is 1.31. The lowest BCUT2D eigenvalue weighted by molar-refractivity contribution is 0.198. The van der Waals surface area contributed by atoms with E-state index in [1.54, 1.807) is 0 Å². The maximum absolute atomic E-state index is 10.9. The first-order chi connectivity index (χ1) is 5.31. The quantitative estimate of drug-likeness (QED) is 0.618. The van der Waals surface area contributed by atoms with Crippen LogP contribution in [0.15, 0.2) is 0 Å². The van der Waals surface area contributed by atoms with Gasteiger partial charge in [0.05, 0.1) is 0 Å². The molecule has 0 unspecified atom stereocenters. The van der Waals surface area contributed by atoms with E-state index in [-0.39, 0.29) is 5.41 Å². The molecule has 0 amide bonds. The van der Waals surface area contributed by atoms with Gasteiger partial charge in [-0.05, 0) is 18.3 Å². The standard InChI is InChI=1S/C7H14ClNO2S/c1-7(2)3-5-9(6-4-7)12(8,10)11/h3-6H2,1-2H3. The number of hydrogen-bond donors (Lipinski definition) is 0. The zero-order chi connectivity index (χ0) is 9.41. The molecular formula is C7H14ClNO2S. The van der Waals surface area contributed by atoms with Gasteiger partial charge in [0.25, 0.3) is 9.24 Å². The van der Waals surface area contributed by atoms with Gasteiger partial charge in [-0.25, -0.2) is 0 Å². The lowest BCUT2D eigenvalue weighted by Gasteiger charge is -2.34. The Hall–Kier alpha value is 0.200. The Bertz CT molecular complexity index is 251. The van der Waals surface area contributed by atoms with Crippen LogP contribution in [-0.4, -0.2) is 25.8 Å². The molecule has 1 fully saturated rings. The van der Waals surface area contributed by atoms with E-state index in [0.29, 0.717) is 13.1 Å². The summed E-state index contributed by atoms with van der Waals surface area (Å²) in [7, 11) is 1.73. The first kappa shape index (κ1) is 10.3. The Kier molecular flexibility index (Phi) is 2.71. The second-order valence-corrected chi connectivity index (χ2v) is 6.52. The first-order valence-electron chi connectivity index (χ1n) is 4.01. The maximum Gasteiger partial charge on any atom is 0.299 e.